The van der Waals surface area contributed by atoms with Crippen molar-refractivity contribution in [1.82, 2.24) is 0 Å². The van der Waals surface area contributed by atoms with Crippen LogP contribution >= 0.6 is 0 Å². The quantitative estimate of drug-likeness (QED) is 0.904. The van der Waals surface area contributed by atoms with Crippen LogP contribution in [0.25, 0.3) is 0 Å². The van der Waals surface area contributed by atoms with Crippen LogP contribution in [-0.4, -0.2) is 16.7 Å². The highest BCUT2D eigenvalue weighted by Gasteiger charge is 2.34. The number of carbonyl (C=O) groups is 1. The third-order valence-electron chi connectivity index (χ3n) is 4.43. The molecule has 0 heterocycles. The fraction of sp³-hybridized carbons (Fsp3) is 0.588. The molecule has 1 N–H and O–H groups in total. The Morgan fingerprint density at radius 2 is 1.95 bits per heavy atom. The Bertz CT molecular complexity index is 489. The highest BCUT2D eigenvalue weighted by Crippen LogP contribution is 2.43. The van der Waals surface area contributed by atoms with Gasteiger partial charge in [0, 0.05) is 0 Å². The number of ether oxygens (including phenoxy) is 1. The number of carboxylic acids is 1. The molecule has 0 radical (unpaired) electrons. The van der Waals surface area contributed by atoms with Gasteiger partial charge < -0.3 is 9.84 Å². The second-order valence-corrected chi connectivity index (χ2v) is 6.85. The monoisotopic (exact) mass is 276 g/mol. The molecule has 1 aromatic carbocycles. The van der Waals surface area contributed by atoms with E-state index in [0.29, 0.717) is 5.75 Å². The molecule has 110 valence electrons. The standard InChI is InChI=1S/C17H24O3/c1-12-9-10-17(4,11-12)13-5-7-14(8-6-13)20-16(2,3)15(18)19/h5-8,12H,9-11H2,1-4H3,(H,18,19). The summed E-state index contributed by atoms with van der Waals surface area (Å²) in [5.74, 6) is 0.427. The molecule has 20 heavy (non-hydrogen) atoms. The molecule has 0 aromatic heterocycles. The van der Waals surface area contributed by atoms with E-state index in [0.717, 1.165) is 5.92 Å². The predicted octanol–water partition coefficient (Wildman–Crippen LogP) is 4.01. The Morgan fingerprint density at radius 1 is 1.35 bits per heavy atom. The van der Waals surface area contributed by atoms with E-state index in [1.165, 1.54) is 24.8 Å². The molecule has 2 atom stereocenters. The van der Waals surface area contributed by atoms with Crippen molar-refractivity contribution in [3.8, 4) is 5.75 Å². The normalized spacial score (nSPS) is 26.5. The zero-order valence-corrected chi connectivity index (χ0v) is 12.8. The van der Waals surface area contributed by atoms with Gasteiger partial charge in [-0.05, 0) is 62.1 Å². The van der Waals surface area contributed by atoms with E-state index in [1.807, 2.05) is 12.1 Å². The molecule has 1 saturated carbocycles. The van der Waals surface area contributed by atoms with Crippen molar-refractivity contribution < 1.29 is 14.6 Å². The van der Waals surface area contributed by atoms with Crippen molar-refractivity contribution >= 4 is 5.97 Å². The fourth-order valence-electron chi connectivity index (χ4n) is 3.06. The minimum absolute atomic E-state index is 0.250. The van der Waals surface area contributed by atoms with Gasteiger partial charge in [-0.3, -0.25) is 0 Å². The summed E-state index contributed by atoms with van der Waals surface area (Å²) in [7, 11) is 0. The minimum atomic E-state index is -1.20. The number of rotatable bonds is 4. The molecule has 1 aliphatic carbocycles. The first kappa shape index (κ1) is 14.9. The van der Waals surface area contributed by atoms with Gasteiger partial charge in [-0.2, -0.15) is 0 Å². The summed E-state index contributed by atoms with van der Waals surface area (Å²) in [6.07, 6.45) is 3.71. The first-order valence-corrected chi connectivity index (χ1v) is 7.26. The van der Waals surface area contributed by atoms with E-state index >= 15 is 0 Å². The van der Waals surface area contributed by atoms with E-state index in [1.54, 1.807) is 13.8 Å². The summed E-state index contributed by atoms with van der Waals surface area (Å²) in [5, 5.41) is 9.07. The average molecular weight is 276 g/mol. The summed E-state index contributed by atoms with van der Waals surface area (Å²) in [6.45, 7) is 7.73. The highest BCUT2D eigenvalue weighted by molar-refractivity contribution is 5.76. The fourth-order valence-corrected chi connectivity index (χ4v) is 3.06. The van der Waals surface area contributed by atoms with E-state index in [4.69, 9.17) is 9.84 Å². The highest BCUT2D eigenvalue weighted by atomic mass is 16.5. The van der Waals surface area contributed by atoms with E-state index in [-0.39, 0.29) is 5.41 Å². The maximum Gasteiger partial charge on any atom is 0.347 e. The largest absolute Gasteiger partial charge is 0.478 e. The van der Waals surface area contributed by atoms with E-state index in [9.17, 15) is 4.79 Å². The summed E-state index contributed by atoms with van der Waals surface area (Å²) < 4.78 is 5.54. The summed E-state index contributed by atoms with van der Waals surface area (Å²) in [5.41, 5.74) is 0.371. The lowest BCUT2D eigenvalue weighted by Gasteiger charge is -2.26. The smallest absolute Gasteiger partial charge is 0.347 e. The molecular weight excluding hydrogens is 252 g/mol. The van der Waals surface area contributed by atoms with Crippen LogP contribution in [0, 0.1) is 5.92 Å². The van der Waals surface area contributed by atoms with Crippen molar-refractivity contribution in [1.29, 1.82) is 0 Å². The summed E-state index contributed by atoms with van der Waals surface area (Å²) in [6, 6.07) is 7.92. The van der Waals surface area contributed by atoms with Crippen LogP contribution in [-0.2, 0) is 10.2 Å². The molecule has 0 spiro atoms. The lowest BCUT2D eigenvalue weighted by Crippen LogP contribution is -2.37. The summed E-state index contributed by atoms with van der Waals surface area (Å²) in [4.78, 5) is 11.1. The predicted molar refractivity (Wildman–Crippen MR) is 79.2 cm³/mol. The Kier molecular flexibility index (Phi) is 3.81. The Labute approximate surface area is 121 Å². The SMILES string of the molecule is CC1CCC(C)(c2ccc(OC(C)(C)C(=O)O)cc2)C1. The van der Waals surface area contributed by atoms with Crippen LogP contribution in [0.4, 0.5) is 0 Å². The molecule has 1 aliphatic rings. The van der Waals surface area contributed by atoms with Crippen LogP contribution in [0.1, 0.15) is 52.5 Å². The number of hydrogen-bond acceptors (Lipinski definition) is 2. The first-order valence-electron chi connectivity index (χ1n) is 7.26. The van der Waals surface area contributed by atoms with Gasteiger partial charge in [0.2, 0.25) is 0 Å². The molecule has 0 aliphatic heterocycles. The Morgan fingerprint density at radius 3 is 2.40 bits per heavy atom. The molecule has 2 unspecified atom stereocenters. The first-order chi connectivity index (χ1) is 9.23. The third-order valence-corrected chi connectivity index (χ3v) is 4.43. The van der Waals surface area contributed by atoms with Gasteiger partial charge in [0.15, 0.2) is 5.60 Å². The van der Waals surface area contributed by atoms with Gasteiger partial charge >= 0.3 is 5.97 Å². The third kappa shape index (κ3) is 2.97. The van der Waals surface area contributed by atoms with Crippen LogP contribution in [0.3, 0.4) is 0 Å². The van der Waals surface area contributed by atoms with Crippen molar-refractivity contribution in [3.05, 3.63) is 29.8 Å². The lowest BCUT2D eigenvalue weighted by atomic mass is 9.80. The van der Waals surface area contributed by atoms with Gasteiger partial charge in [0.25, 0.3) is 0 Å². The molecule has 3 heteroatoms. The van der Waals surface area contributed by atoms with Crippen molar-refractivity contribution in [2.45, 2.75) is 58.0 Å². The number of benzene rings is 1. The second-order valence-electron chi connectivity index (χ2n) is 6.85. The Balaban J connectivity index is 2.13. The molecular formula is C17H24O3. The van der Waals surface area contributed by atoms with Crippen molar-refractivity contribution in [2.24, 2.45) is 5.92 Å². The number of carboxylic acid groups (broad SMARTS) is 1. The van der Waals surface area contributed by atoms with E-state index < -0.39 is 11.6 Å². The van der Waals surface area contributed by atoms with Crippen molar-refractivity contribution in [2.75, 3.05) is 0 Å². The topological polar surface area (TPSA) is 46.5 Å². The molecule has 1 aromatic rings. The van der Waals surface area contributed by atoms with Gasteiger partial charge in [0.05, 0.1) is 0 Å². The molecule has 2 rings (SSSR count). The average Bonchev–Trinajstić information content (AvgIpc) is 2.70. The number of hydrogen-bond donors (Lipinski definition) is 1. The van der Waals surface area contributed by atoms with Crippen LogP contribution in [0.15, 0.2) is 24.3 Å². The van der Waals surface area contributed by atoms with Gasteiger partial charge in [0.1, 0.15) is 5.75 Å². The second kappa shape index (κ2) is 5.12. The Hall–Kier alpha value is -1.51. The van der Waals surface area contributed by atoms with E-state index in [2.05, 4.69) is 26.0 Å². The molecule has 3 nitrogen and oxygen atoms in total. The van der Waals surface area contributed by atoms with Gasteiger partial charge in [-0.15, -0.1) is 0 Å². The maximum absolute atomic E-state index is 11.1. The molecule has 0 amide bonds. The maximum atomic E-state index is 11.1. The molecule has 0 bridgehead atoms. The van der Waals surface area contributed by atoms with Crippen LogP contribution < -0.4 is 4.74 Å². The zero-order valence-electron chi connectivity index (χ0n) is 12.8. The minimum Gasteiger partial charge on any atom is -0.478 e. The van der Waals surface area contributed by atoms with Crippen LogP contribution in [0.2, 0.25) is 0 Å². The molecule has 0 saturated heterocycles. The van der Waals surface area contributed by atoms with Crippen LogP contribution in [0.5, 0.6) is 5.75 Å². The number of aliphatic carboxylic acids is 1. The van der Waals surface area contributed by atoms with Gasteiger partial charge in [-0.25, -0.2) is 4.79 Å². The van der Waals surface area contributed by atoms with Gasteiger partial charge in [-0.1, -0.05) is 26.0 Å². The zero-order chi connectivity index (χ0) is 15.0. The summed E-state index contributed by atoms with van der Waals surface area (Å²) >= 11 is 0. The lowest BCUT2D eigenvalue weighted by molar-refractivity contribution is -0.152. The molecule has 1 fully saturated rings. The van der Waals surface area contributed by atoms with Crippen molar-refractivity contribution in [3.63, 3.8) is 0 Å².